The van der Waals surface area contributed by atoms with E-state index in [4.69, 9.17) is 4.74 Å². The molecule has 20 heteroatoms. The van der Waals surface area contributed by atoms with Crippen LogP contribution in [0.4, 0.5) is 13.2 Å². The number of carboxylic acid groups (broad SMARTS) is 4. The monoisotopic (exact) mass is 1130 g/mol. The Balaban J connectivity index is 0.0000104. The zero-order valence-corrected chi connectivity index (χ0v) is 40.4. The summed E-state index contributed by atoms with van der Waals surface area (Å²) in [4.78, 5) is 68.7. The number of unbranched alkanes of at least 4 members (excludes halogenated alkanes) is 1. The van der Waals surface area contributed by atoms with Crippen molar-refractivity contribution in [2.45, 2.75) is 57.8 Å². The average Bonchev–Trinajstić information content (AvgIpc) is 3.28. The number of carbonyl (C=O) groups excluding carboxylic acids is 1. The van der Waals surface area contributed by atoms with Crippen LogP contribution in [0.25, 0.3) is 23.3 Å². The fourth-order valence-corrected chi connectivity index (χ4v) is 8.59. The number of carboxylic acids is 4. The zero-order valence-electron chi connectivity index (χ0n) is 38.7. The van der Waals surface area contributed by atoms with Gasteiger partial charge in [0.1, 0.15) is 11.8 Å². The van der Waals surface area contributed by atoms with E-state index in [0.29, 0.717) is 38.6 Å². The Hall–Kier alpha value is -4.63. The zero-order chi connectivity index (χ0) is 49.2. The molecule has 3 aromatic rings. The van der Waals surface area contributed by atoms with Crippen LogP contribution in [0.15, 0.2) is 60.7 Å². The number of aliphatic carboxylic acids is 4. The molecule has 2 saturated heterocycles. The van der Waals surface area contributed by atoms with E-state index in [2.05, 4.69) is 5.32 Å². The van der Waals surface area contributed by atoms with Gasteiger partial charge in [-0.1, -0.05) is 67.1 Å². The van der Waals surface area contributed by atoms with Crippen LogP contribution in [-0.4, -0.2) is 179 Å². The summed E-state index contributed by atoms with van der Waals surface area (Å²) in [6, 6.07) is 16.9. The van der Waals surface area contributed by atoms with Gasteiger partial charge in [-0.05, 0) is 79.1 Å². The van der Waals surface area contributed by atoms with Crippen molar-refractivity contribution >= 4 is 41.9 Å². The van der Waals surface area contributed by atoms with Crippen LogP contribution >= 0.6 is 0 Å². The van der Waals surface area contributed by atoms with Crippen LogP contribution in [-0.2, 0) is 36.7 Å². The van der Waals surface area contributed by atoms with E-state index in [9.17, 15) is 57.6 Å². The Bertz CT molecular complexity index is 2190. The summed E-state index contributed by atoms with van der Waals surface area (Å²) in [6.07, 6.45) is 0.989. The second kappa shape index (κ2) is 28.3. The van der Waals surface area contributed by atoms with Crippen molar-refractivity contribution in [3.05, 3.63) is 88.5 Å². The molecule has 385 valence electrons. The number of nitrogens with zero attached hydrogens (tertiary/aromatic N) is 5. The Morgan fingerprint density at radius 2 is 1.25 bits per heavy atom. The molecule has 0 aromatic heterocycles. The summed E-state index contributed by atoms with van der Waals surface area (Å²) < 4.78 is 50.7. The number of carbonyl (C=O) groups is 5. The maximum Gasteiger partial charge on any atom is 0.417 e. The number of halogens is 3. The van der Waals surface area contributed by atoms with Crippen molar-refractivity contribution in [3.63, 3.8) is 0 Å². The molecule has 2 heterocycles. The van der Waals surface area contributed by atoms with Crippen molar-refractivity contribution in [2.24, 2.45) is 0 Å². The fourth-order valence-electron chi connectivity index (χ4n) is 8.59. The summed E-state index contributed by atoms with van der Waals surface area (Å²) in [5.41, 5.74) is 2.79. The number of piperidine rings is 1. The molecule has 5 rings (SSSR count). The van der Waals surface area contributed by atoms with E-state index < -0.39 is 41.7 Å². The molecule has 2 aliphatic rings. The first-order valence-corrected chi connectivity index (χ1v) is 22.9. The number of ether oxygens (including phenoxy) is 1. The third-order valence-corrected chi connectivity index (χ3v) is 12.2. The SMILES string of the molecule is Cc1c(/C=C/c2cc(OCCCCNC(=O)CN3CCN(CC(=O)O)CCN(CC(=O)O)CCN(CC(=O)O)CC3)c(CN3CCCC[C@H]3C(=O)O)cc2C(F)(F)F)cccc1-c1ccccc1.[Lu]. The number of benzene rings is 3. The first-order valence-electron chi connectivity index (χ1n) is 22.9. The molecule has 0 spiro atoms. The molecule has 3 aromatic carbocycles. The number of likely N-dealkylation sites (tertiary alicyclic amines) is 1. The molecule has 69 heavy (non-hydrogen) atoms. The van der Waals surface area contributed by atoms with Gasteiger partial charge in [-0.25, -0.2) is 0 Å². The Morgan fingerprint density at radius 1 is 0.696 bits per heavy atom. The molecule has 5 N–H and O–H groups in total. The predicted octanol–water partition coefficient (Wildman–Crippen LogP) is 5.04. The molecule has 16 nitrogen and oxygen atoms in total. The van der Waals surface area contributed by atoms with E-state index in [-0.39, 0.29) is 158 Å². The maximum absolute atomic E-state index is 14.8. The molecule has 0 bridgehead atoms. The van der Waals surface area contributed by atoms with Crippen molar-refractivity contribution in [3.8, 4) is 16.9 Å². The quantitative estimate of drug-likeness (QED) is 0.0744. The standard InChI is InChI=1S/C49H63F3N6O10.Lu/c1-35-36(12-9-13-40(35)37-10-3-2-4-11-37)15-16-38-29-43(39(28-41(38)49(50,51)52)30-58-18-7-5-14-42(58)48(66)67)68-27-8-6-17-53-44(59)31-54-19-21-55(32-45(60)61)23-25-57(34-47(64)65)26-24-56(22-20-54)33-46(62)63;/h2-4,9-13,15-16,28-29,42H,5-8,14,17-27,30-34H2,1H3,(H,53,59)(H,60,61)(H,62,63)(H,64,65)(H,66,67);/b16-15+;/t42-;/m0./s1. The van der Waals surface area contributed by atoms with Gasteiger partial charge in [0.25, 0.3) is 0 Å². The third-order valence-electron chi connectivity index (χ3n) is 12.2. The minimum atomic E-state index is -4.73. The molecule has 2 fully saturated rings. The first-order chi connectivity index (χ1) is 32.5. The molecule has 0 unspecified atom stereocenters. The van der Waals surface area contributed by atoms with E-state index in [1.54, 1.807) is 25.7 Å². The Kier molecular flexibility index (Phi) is 23.3. The van der Waals surface area contributed by atoms with Crippen LogP contribution in [0.1, 0.15) is 59.9 Å². The molecule has 0 saturated carbocycles. The minimum absolute atomic E-state index is 0. The number of hydrogen-bond acceptors (Lipinski definition) is 11. The largest absolute Gasteiger partial charge is 0.493 e. The number of alkyl halides is 3. The Labute approximate surface area is 429 Å². The van der Waals surface area contributed by atoms with Crippen molar-refractivity contribution in [1.82, 2.24) is 29.8 Å². The fraction of sp³-hybridized carbons (Fsp3) is 0.490. The topological polar surface area (TPSA) is 204 Å². The van der Waals surface area contributed by atoms with Gasteiger partial charge >= 0.3 is 30.1 Å². The molecule has 1 amide bonds. The third kappa shape index (κ3) is 18.9. The molecular weight excluding hydrogens is 1060 g/mol. The van der Waals surface area contributed by atoms with Gasteiger partial charge in [0.2, 0.25) is 5.91 Å². The molecule has 2 aliphatic heterocycles. The van der Waals surface area contributed by atoms with Crippen molar-refractivity contribution in [2.75, 3.05) is 98.2 Å². The van der Waals surface area contributed by atoms with Gasteiger partial charge in [-0.15, -0.1) is 0 Å². The van der Waals surface area contributed by atoms with Gasteiger partial charge in [-0.2, -0.15) is 13.2 Å². The first kappa shape index (κ1) is 57.0. The smallest absolute Gasteiger partial charge is 0.417 e. The maximum atomic E-state index is 14.8. The van der Waals surface area contributed by atoms with Crippen LogP contribution in [0.2, 0.25) is 0 Å². The molecule has 1 atom stereocenters. The number of hydrogen-bond donors (Lipinski definition) is 5. The van der Waals surface area contributed by atoms with Gasteiger partial charge in [-0.3, -0.25) is 48.5 Å². The van der Waals surface area contributed by atoms with Crippen LogP contribution in [0.3, 0.4) is 0 Å². The van der Waals surface area contributed by atoms with E-state index in [1.165, 1.54) is 12.1 Å². The average molecular weight is 1130 g/mol. The second-order valence-electron chi connectivity index (χ2n) is 17.3. The predicted molar refractivity (Wildman–Crippen MR) is 249 cm³/mol. The van der Waals surface area contributed by atoms with E-state index in [1.807, 2.05) is 60.4 Å². The van der Waals surface area contributed by atoms with Gasteiger partial charge < -0.3 is 30.5 Å². The van der Waals surface area contributed by atoms with Gasteiger partial charge in [0, 0.05) is 108 Å². The summed E-state index contributed by atoms with van der Waals surface area (Å²) in [6.45, 7) is 3.76. The van der Waals surface area contributed by atoms with Gasteiger partial charge in [0.05, 0.1) is 38.3 Å². The molecular formula is C49H63F3LuN6O10. The molecule has 0 aliphatic carbocycles. The van der Waals surface area contributed by atoms with Crippen LogP contribution in [0, 0.1) is 43.8 Å². The number of amides is 1. The second-order valence-corrected chi connectivity index (χ2v) is 17.3. The summed E-state index contributed by atoms with van der Waals surface area (Å²) in [5, 5.41) is 41.3. The minimum Gasteiger partial charge on any atom is -0.493 e. The van der Waals surface area contributed by atoms with Crippen LogP contribution in [0.5, 0.6) is 5.75 Å². The normalized spacial score (nSPS) is 17.6. The van der Waals surface area contributed by atoms with Crippen LogP contribution < -0.4 is 10.1 Å². The van der Waals surface area contributed by atoms with E-state index in [0.717, 1.165) is 28.3 Å². The molecule has 1 radical (unpaired) electrons. The van der Waals surface area contributed by atoms with Gasteiger partial charge in [0.15, 0.2) is 0 Å². The van der Waals surface area contributed by atoms with E-state index >= 15 is 0 Å². The number of rotatable bonds is 20. The summed E-state index contributed by atoms with van der Waals surface area (Å²) in [5.74, 6) is -4.32. The van der Waals surface area contributed by atoms with Crippen molar-refractivity contribution in [1.29, 1.82) is 0 Å². The Morgan fingerprint density at radius 3 is 1.78 bits per heavy atom. The summed E-state index contributed by atoms with van der Waals surface area (Å²) in [7, 11) is 0. The van der Waals surface area contributed by atoms with Crippen molar-refractivity contribution < 1.29 is 99.2 Å². The summed E-state index contributed by atoms with van der Waals surface area (Å²) >= 11 is 0. The number of nitrogens with one attached hydrogen (secondary N) is 1.